The Morgan fingerprint density at radius 1 is 1.00 bits per heavy atom. The topological polar surface area (TPSA) is 31.2 Å². The van der Waals surface area contributed by atoms with Gasteiger partial charge in [-0.3, -0.25) is 4.98 Å². The molecule has 1 aromatic heterocycles. The van der Waals surface area contributed by atoms with Gasteiger partial charge >= 0.3 is 6.18 Å². The summed E-state index contributed by atoms with van der Waals surface area (Å²) in [6.45, 7) is 5.35. The summed E-state index contributed by atoms with van der Waals surface area (Å²) in [7, 11) is 0. The van der Waals surface area contributed by atoms with E-state index in [9.17, 15) is 13.2 Å². The summed E-state index contributed by atoms with van der Waals surface area (Å²) < 4.78 is 40.4. The molecule has 0 saturated heterocycles. The molecule has 0 atom stereocenters. The molecular formula is C21H20Cl2F3N4+. The number of rotatable bonds is 8. The van der Waals surface area contributed by atoms with Gasteiger partial charge in [-0.25, -0.2) is 0 Å². The normalized spacial score (nSPS) is 11.5. The number of nitrogens with one attached hydrogen (secondary N) is 1. The van der Waals surface area contributed by atoms with E-state index in [1.807, 2.05) is 24.3 Å². The zero-order valence-corrected chi connectivity index (χ0v) is 17.5. The number of benzene rings is 2. The molecule has 0 unspecified atom stereocenters. The predicted octanol–water partition coefficient (Wildman–Crippen LogP) is 5.91. The van der Waals surface area contributed by atoms with Crippen LogP contribution in [-0.2, 0) is 6.18 Å². The van der Waals surface area contributed by atoms with Gasteiger partial charge in [-0.05, 0) is 36.4 Å². The largest absolute Gasteiger partial charge is 0.416 e. The lowest BCUT2D eigenvalue weighted by Crippen LogP contribution is -2.27. The number of alkyl halides is 5. The second kappa shape index (κ2) is 9.53. The number of pyridine rings is 1. The van der Waals surface area contributed by atoms with Gasteiger partial charge in [0.15, 0.2) is 6.72 Å². The minimum Gasteiger partial charge on any atom is -0.369 e. The number of nitrogens with zero attached hydrogens (tertiary/aromatic N) is 3. The van der Waals surface area contributed by atoms with Gasteiger partial charge in [0.2, 0.25) is 5.69 Å². The summed E-state index contributed by atoms with van der Waals surface area (Å²) in [6.07, 6.45) is -2.96. The molecule has 3 rings (SSSR count). The first kappa shape index (κ1) is 22.2. The molecule has 0 aliphatic carbocycles. The first-order chi connectivity index (χ1) is 14.3. The van der Waals surface area contributed by atoms with Gasteiger partial charge in [0.05, 0.1) is 11.1 Å². The van der Waals surface area contributed by atoms with Crippen LogP contribution in [0.5, 0.6) is 0 Å². The van der Waals surface area contributed by atoms with Crippen molar-refractivity contribution in [3.05, 3.63) is 60.3 Å². The van der Waals surface area contributed by atoms with Crippen LogP contribution in [-0.4, -0.2) is 41.2 Å². The maximum absolute atomic E-state index is 13.0. The van der Waals surface area contributed by atoms with Crippen molar-refractivity contribution in [2.45, 2.75) is 6.18 Å². The molecule has 1 heterocycles. The fourth-order valence-electron chi connectivity index (χ4n) is 3.05. The zero-order chi connectivity index (χ0) is 21.7. The zero-order valence-electron chi connectivity index (χ0n) is 16.0. The van der Waals surface area contributed by atoms with Crippen molar-refractivity contribution in [2.75, 3.05) is 35.2 Å². The molecule has 0 bridgehead atoms. The fraction of sp³-hybridized carbons (Fsp3) is 0.238. The summed E-state index contributed by atoms with van der Waals surface area (Å²) in [6, 6.07) is 12.8. The van der Waals surface area contributed by atoms with Crippen LogP contribution in [0.15, 0.2) is 54.7 Å². The van der Waals surface area contributed by atoms with Gasteiger partial charge in [0.25, 0.3) is 0 Å². The average Bonchev–Trinajstić information content (AvgIpc) is 2.73. The fourth-order valence-corrected chi connectivity index (χ4v) is 3.46. The standard InChI is InChI=1S/C21H20Cl2F3N4/c1-29(16-3-5-17(6-4-16)30(12-9-22)13-10-23)28-19-8-11-27-20-14-15(21(24,25)26)2-7-18(19)20/h2-8,11,14H,1,9-10,12-13H2,(H,27,28)/q+1. The number of hydrogen-bond donors (Lipinski definition) is 1. The van der Waals surface area contributed by atoms with Crippen LogP contribution in [0, 0.1) is 0 Å². The molecule has 1 N–H and O–H groups in total. The maximum atomic E-state index is 13.0. The maximum Gasteiger partial charge on any atom is 0.416 e. The van der Waals surface area contributed by atoms with E-state index < -0.39 is 11.7 Å². The first-order valence-electron chi connectivity index (χ1n) is 9.13. The molecule has 4 nitrogen and oxygen atoms in total. The number of aromatic nitrogens is 1. The number of hydrazine groups is 1. The van der Waals surface area contributed by atoms with Crippen LogP contribution >= 0.6 is 23.2 Å². The minimum absolute atomic E-state index is 0.247. The molecular weight excluding hydrogens is 436 g/mol. The Kier molecular flexibility index (Phi) is 7.05. The lowest BCUT2D eigenvalue weighted by Gasteiger charge is -2.22. The van der Waals surface area contributed by atoms with Crippen LogP contribution < -0.4 is 10.3 Å². The van der Waals surface area contributed by atoms with E-state index in [-0.39, 0.29) is 5.52 Å². The molecule has 30 heavy (non-hydrogen) atoms. The summed E-state index contributed by atoms with van der Waals surface area (Å²) in [4.78, 5) is 6.14. The van der Waals surface area contributed by atoms with Gasteiger partial charge in [-0.15, -0.1) is 23.2 Å². The number of halogens is 5. The van der Waals surface area contributed by atoms with E-state index in [2.05, 4.69) is 22.0 Å². The molecule has 3 aromatic rings. The number of hydrazone groups is 1. The summed E-state index contributed by atoms with van der Waals surface area (Å²) in [5.74, 6) is 0.986. The van der Waals surface area contributed by atoms with Crippen molar-refractivity contribution >= 4 is 57.9 Å². The minimum atomic E-state index is -4.42. The predicted molar refractivity (Wildman–Crippen MR) is 118 cm³/mol. The molecule has 0 fully saturated rings. The Morgan fingerprint density at radius 3 is 2.27 bits per heavy atom. The van der Waals surface area contributed by atoms with E-state index in [4.69, 9.17) is 23.2 Å². The number of hydrogen-bond acceptors (Lipinski definition) is 3. The van der Waals surface area contributed by atoms with Crippen LogP contribution in [0.1, 0.15) is 5.56 Å². The third kappa shape index (κ3) is 5.15. The van der Waals surface area contributed by atoms with Gasteiger partial charge in [-0.1, -0.05) is 4.68 Å². The Balaban J connectivity index is 1.81. The van der Waals surface area contributed by atoms with Gasteiger partial charge in [0.1, 0.15) is 5.69 Å². The summed E-state index contributed by atoms with van der Waals surface area (Å²) >= 11 is 11.7. The molecule has 0 amide bonds. The third-order valence-electron chi connectivity index (χ3n) is 4.56. The number of fused-ring (bicyclic) bond motifs is 1. The first-order valence-corrected chi connectivity index (χ1v) is 10.2. The summed E-state index contributed by atoms with van der Waals surface area (Å²) in [5.41, 5.74) is 4.97. The Labute approximate surface area is 182 Å². The highest BCUT2D eigenvalue weighted by atomic mass is 35.5. The molecule has 9 heteroatoms. The smallest absolute Gasteiger partial charge is 0.369 e. The van der Waals surface area contributed by atoms with Crippen LogP contribution in [0.3, 0.4) is 0 Å². The Hall–Kier alpha value is -2.51. The second-order valence-electron chi connectivity index (χ2n) is 6.51. The van der Waals surface area contributed by atoms with Crippen molar-refractivity contribution in [3.8, 4) is 0 Å². The highest BCUT2D eigenvalue weighted by Crippen LogP contribution is 2.32. The van der Waals surface area contributed by atoms with Crippen molar-refractivity contribution in [1.29, 1.82) is 0 Å². The highest BCUT2D eigenvalue weighted by molar-refractivity contribution is 6.18. The van der Waals surface area contributed by atoms with Crippen LogP contribution in [0.25, 0.3) is 10.9 Å². The van der Waals surface area contributed by atoms with Crippen molar-refractivity contribution in [3.63, 3.8) is 0 Å². The average molecular weight is 456 g/mol. The van der Waals surface area contributed by atoms with Gasteiger partial charge < -0.3 is 4.90 Å². The van der Waals surface area contributed by atoms with Crippen LogP contribution in [0.2, 0.25) is 0 Å². The lowest BCUT2D eigenvalue weighted by atomic mass is 10.1. The highest BCUT2D eigenvalue weighted by Gasteiger charge is 2.30. The van der Waals surface area contributed by atoms with Crippen LogP contribution in [0.4, 0.5) is 30.2 Å². The van der Waals surface area contributed by atoms with E-state index in [0.717, 1.165) is 23.5 Å². The molecule has 158 valence electrons. The monoisotopic (exact) mass is 455 g/mol. The SMILES string of the molecule is C=[N+](Nc1ccnc2cc(C(F)(F)F)ccc12)c1ccc(N(CCCl)CCCl)cc1. The van der Waals surface area contributed by atoms with E-state index >= 15 is 0 Å². The Bertz CT molecular complexity index is 1020. The molecule has 2 aromatic carbocycles. The van der Waals surface area contributed by atoms with E-state index in [1.165, 1.54) is 12.3 Å². The number of anilines is 2. The molecule has 0 saturated carbocycles. The van der Waals surface area contributed by atoms with Crippen molar-refractivity contribution in [1.82, 2.24) is 4.98 Å². The van der Waals surface area contributed by atoms with Crippen molar-refractivity contribution in [2.24, 2.45) is 0 Å². The van der Waals surface area contributed by atoms with E-state index in [0.29, 0.717) is 35.9 Å². The van der Waals surface area contributed by atoms with Gasteiger partial charge in [0, 0.05) is 54.3 Å². The van der Waals surface area contributed by atoms with Crippen molar-refractivity contribution < 1.29 is 17.9 Å². The second-order valence-corrected chi connectivity index (χ2v) is 7.27. The van der Waals surface area contributed by atoms with Gasteiger partial charge in [-0.2, -0.15) is 18.6 Å². The molecule has 0 radical (unpaired) electrons. The Morgan fingerprint density at radius 2 is 1.67 bits per heavy atom. The lowest BCUT2D eigenvalue weighted by molar-refractivity contribution is -0.394. The molecule has 0 aliphatic heterocycles. The van der Waals surface area contributed by atoms with E-state index in [1.54, 1.807) is 10.8 Å². The third-order valence-corrected chi connectivity index (χ3v) is 4.90. The molecule has 0 spiro atoms. The molecule has 0 aliphatic rings. The quantitative estimate of drug-likeness (QED) is 0.198. The summed E-state index contributed by atoms with van der Waals surface area (Å²) in [5, 5.41) is 0.561.